The summed E-state index contributed by atoms with van der Waals surface area (Å²) in [6, 6.07) is 4.16. The van der Waals surface area contributed by atoms with Gasteiger partial charge in [0.15, 0.2) is 11.5 Å². The van der Waals surface area contributed by atoms with Gasteiger partial charge in [0.05, 0.1) is 15.3 Å². The van der Waals surface area contributed by atoms with Crippen LogP contribution in [0.15, 0.2) is 38.4 Å². The van der Waals surface area contributed by atoms with E-state index in [1.165, 1.54) is 55.4 Å². The van der Waals surface area contributed by atoms with Gasteiger partial charge in [0, 0.05) is 12.6 Å². The molecule has 1 unspecified atom stereocenters. The molecule has 0 radical (unpaired) electrons. The molecule has 1 N–H and O–H groups in total. The molecular formula is C15H17N3O2S2. The summed E-state index contributed by atoms with van der Waals surface area (Å²) in [5.41, 5.74) is 0. The zero-order chi connectivity index (χ0) is 14.9. The van der Waals surface area contributed by atoms with Crippen LogP contribution in [-0.4, -0.2) is 41.5 Å². The molecule has 2 bridgehead atoms. The van der Waals surface area contributed by atoms with E-state index in [-0.39, 0.29) is 5.91 Å². The van der Waals surface area contributed by atoms with Crippen LogP contribution >= 0.6 is 23.1 Å². The van der Waals surface area contributed by atoms with E-state index < -0.39 is 0 Å². The standard InChI is InChI=1S/C15H17N3O2S2/c19-15(17-11-8-18-5-3-10(11)4-6-18)12-1-2-14(21-12)22-13-7-16-9-20-13/h1-2,7,9-11H,3-6,8H2,(H,17,19). The van der Waals surface area contributed by atoms with Crippen molar-refractivity contribution < 1.29 is 9.21 Å². The first-order valence-electron chi connectivity index (χ1n) is 7.47. The summed E-state index contributed by atoms with van der Waals surface area (Å²) in [6.07, 6.45) is 5.51. The molecule has 0 saturated carbocycles. The summed E-state index contributed by atoms with van der Waals surface area (Å²) < 4.78 is 6.25. The molecule has 0 aromatic carbocycles. The Balaban J connectivity index is 1.39. The largest absolute Gasteiger partial charge is 0.437 e. The molecule has 3 saturated heterocycles. The molecule has 3 fully saturated rings. The third-order valence-electron chi connectivity index (χ3n) is 4.39. The molecule has 3 aliphatic heterocycles. The van der Waals surface area contributed by atoms with Gasteiger partial charge in [0.1, 0.15) is 0 Å². The minimum absolute atomic E-state index is 0.0492. The number of thiophene rings is 1. The Bertz CT molecular complexity index is 648. The van der Waals surface area contributed by atoms with Crippen LogP contribution in [-0.2, 0) is 0 Å². The van der Waals surface area contributed by atoms with E-state index in [2.05, 4.69) is 15.2 Å². The number of hydrogen-bond acceptors (Lipinski definition) is 6. The van der Waals surface area contributed by atoms with Crippen molar-refractivity contribution in [2.24, 2.45) is 5.92 Å². The smallest absolute Gasteiger partial charge is 0.261 e. The Morgan fingerprint density at radius 2 is 2.27 bits per heavy atom. The number of hydrogen-bond donors (Lipinski definition) is 1. The molecule has 2 aromatic heterocycles. The van der Waals surface area contributed by atoms with Crippen molar-refractivity contribution in [1.82, 2.24) is 15.2 Å². The number of fused-ring (bicyclic) bond motifs is 3. The first-order chi connectivity index (χ1) is 10.8. The quantitative estimate of drug-likeness (QED) is 0.931. The van der Waals surface area contributed by atoms with Gasteiger partial charge in [0.25, 0.3) is 5.91 Å². The monoisotopic (exact) mass is 335 g/mol. The van der Waals surface area contributed by atoms with Crippen LogP contribution in [0.4, 0.5) is 0 Å². The predicted molar refractivity (Wildman–Crippen MR) is 85.4 cm³/mol. The lowest BCUT2D eigenvalue weighted by Crippen LogP contribution is -2.57. The summed E-state index contributed by atoms with van der Waals surface area (Å²) in [4.78, 5) is 19.5. The van der Waals surface area contributed by atoms with Gasteiger partial charge in [-0.1, -0.05) is 0 Å². The lowest BCUT2D eigenvalue weighted by Gasteiger charge is -2.44. The van der Waals surface area contributed by atoms with E-state index in [9.17, 15) is 4.79 Å². The van der Waals surface area contributed by atoms with Crippen molar-refractivity contribution in [3.8, 4) is 0 Å². The molecule has 2 aromatic rings. The Hall–Kier alpha value is -1.31. The summed E-state index contributed by atoms with van der Waals surface area (Å²) >= 11 is 2.99. The van der Waals surface area contributed by atoms with Gasteiger partial charge in [-0.15, -0.1) is 11.3 Å². The fraction of sp³-hybridized carbons (Fsp3) is 0.467. The van der Waals surface area contributed by atoms with Crippen LogP contribution in [0, 0.1) is 5.92 Å². The predicted octanol–water partition coefficient (Wildman–Crippen LogP) is 2.71. The van der Waals surface area contributed by atoms with E-state index in [4.69, 9.17) is 4.42 Å². The number of piperidine rings is 3. The van der Waals surface area contributed by atoms with Gasteiger partial charge in [-0.3, -0.25) is 4.79 Å². The van der Waals surface area contributed by atoms with Gasteiger partial charge in [-0.2, -0.15) is 0 Å². The second kappa shape index (κ2) is 6.06. The van der Waals surface area contributed by atoms with Crippen LogP contribution in [0.25, 0.3) is 0 Å². The number of nitrogens with zero attached hydrogens (tertiary/aromatic N) is 2. The molecule has 7 heteroatoms. The number of rotatable bonds is 4. The summed E-state index contributed by atoms with van der Waals surface area (Å²) in [5.74, 6) is 0.699. The highest BCUT2D eigenvalue weighted by atomic mass is 32.2. The molecule has 116 valence electrons. The third-order valence-corrected chi connectivity index (χ3v) is 6.51. The van der Waals surface area contributed by atoms with E-state index in [1.807, 2.05) is 12.1 Å². The molecule has 0 aliphatic carbocycles. The molecule has 5 rings (SSSR count). The highest BCUT2D eigenvalue weighted by Gasteiger charge is 2.35. The van der Waals surface area contributed by atoms with Crippen molar-refractivity contribution >= 4 is 29.0 Å². The molecule has 1 amide bonds. The summed E-state index contributed by atoms with van der Waals surface area (Å²) in [5, 5.41) is 3.97. The van der Waals surface area contributed by atoms with Crippen LogP contribution in [0.3, 0.4) is 0 Å². The zero-order valence-electron chi connectivity index (χ0n) is 12.0. The fourth-order valence-corrected chi connectivity index (χ4v) is 5.08. The van der Waals surface area contributed by atoms with Crippen LogP contribution < -0.4 is 5.32 Å². The average molecular weight is 335 g/mol. The van der Waals surface area contributed by atoms with Crippen LogP contribution in [0.2, 0.25) is 0 Å². The van der Waals surface area contributed by atoms with Crippen molar-refractivity contribution in [3.05, 3.63) is 29.6 Å². The molecule has 3 aliphatic rings. The number of carbonyl (C=O) groups excluding carboxylic acids is 1. The van der Waals surface area contributed by atoms with Gasteiger partial charge >= 0.3 is 0 Å². The maximum Gasteiger partial charge on any atom is 0.261 e. The van der Waals surface area contributed by atoms with Gasteiger partial charge in [-0.25, -0.2) is 4.98 Å². The van der Waals surface area contributed by atoms with Crippen LogP contribution in [0.1, 0.15) is 22.5 Å². The second-order valence-corrected chi connectivity index (χ2v) is 8.15. The molecule has 5 nitrogen and oxygen atoms in total. The Morgan fingerprint density at radius 3 is 2.95 bits per heavy atom. The van der Waals surface area contributed by atoms with Crippen molar-refractivity contribution in [2.75, 3.05) is 19.6 Å². The number of amides is 1. The van der Waals surface area contributed by atoms with Gasteiger partial charge < -0.3 is 14.6 Å². The SMILES string of the molecule is O=C(NC1CN2CCC1CC2)c1ccc(Sc2cnco2)s1. The summed E-state index contributed by atoms with van der Waals surface area (Å²) in [7, 11) is 0. The second-order valence-electron chi connectivity index (χ2n) is 5.76. The lowest BCUT2D eigenvalue weighted by molar-refractivity contribution is 0.0622. The van der Waals surface area contributed by atoms with Crippen molar-refractivity contribution in [3.63, 3.8) is 0 Å². The maximum atomic E-state index is 12.4. The minimum Gasteiger partial charge on any atom is -0.437 e. The van der Waals surface area contributed by atoms with E-state index in [0.29, 0.717) is 12.0 Å². The molecule has 1 atom stereocenters. The van der Waals surface area contributed by atoms with E-state index >= 15 is 0 Å². The number of carbonyl (C=O) groups is 1. The topological polar surface area (TPSA) is 58.4 Å². The van der Waals surface area contributed by atoms with Crippen molar-refractivity contribution in [1.29, 1.82) is 0 Å². The highest BCUT2D eigenvalue weighted by molar-refractivity contribution is 8.01. The minimum atomic E-state index is 0.0492. The first kappa shape index (κ1) is 14.3. The van der Waals surface area contributed by atoms with E-state index in [1.54, 1.807) is 6.20 Å². The molecular weight excluding hydrogens is 318 g/mol. The maximum absolute atomic E-state index is 12.4. The Kier molecular flexibility index (Phi) is 3.94. The number of oxazole rings is 1. The van der Waals surface area contributed by atoms with Crippen LogP contribution in [0.5, 0.6) is 0 Å². The number of aromatic nitrogens is 1. The Morgan fingerprint density at radius 1 is 1.41 bits per heavy atom. The van der Waals surface area contributed by atoms with Gasteiger partial charge in [-0.05, 0) is 55.7 Å². The average Bonchev–Trinajstić information content (AvgIpc) is 3.21. The molecule has 5 heterocycles. The normalized spacial score (nSPS) is 27.0. The number of nitrogens with one attached hydrogen (secondary N) is 1. The lowest BCUT2D eigenvalue weighted by atomic mass is 9.84. The molecule has 22 heavy (non-hydrogen) atoms. The van der Waals surface area contributed by atoms with E-state index in [0.717, 1.165) is 20.7 Å². The fourth-order valence-electron chi connectivity index (χ4n) is 3.22. The molecule has 0 spiro atoms. The Labute approximate surface area is 137 Å². The van der Waals surface area contributed by atoms with Crippen molar-refractivity contribution in [2.45, 2.75) is 28.2 Å². The zero-order valence-corrected chi connectivity index (χ0v) is 13.7. The first-order valence-corrected chi connectivity index (χ1v) is 9.10. The van der Waals surface area contributed by atoms with Gasteiger partial charge in [0.2, 0.25) is 0 Å². The highest BCUT2D eigenvalue weighted by Crippen LogP contribution is 2.33. The summed E-state index contributed by atoms with van der Waals surface area (Å²) in [6.45, 7) is 3.38. The third kappa shape index (κ3) is 2.93.